The fourth-order valence-corrected chi connectivity index (χ4v) is 6.18. The zero-order valence-corrected chi connectivity index (χ0v) is 23.5. The van der Waals surface area contributed by atoms with Crippen molar-refractivity contribution in [3.63, 3.8) is 0 Å². The maximum absolute atomic E-state index is 13.0. The normalized spacial score (nSPS) is 18.5. The summed E-state index contributed by atoms with van der Waals surface area (Å²) in [6, 6.07) is 20.7. The van der Waals surface area contributed by atoms with Gasteiger partial charge in [-0.2, -0.15) is 0 Å². The number of hydrogen-bond donors (Lipinski definition) is 1. The van der Waals surface area contributed by atoms with Gasteiger partial charge in [-0.25, -0.2) is 9.78 Å². The molecule has 0 unspecified atom stereocenters. The van der Waals surface area contributed by atoms with E-state index in [1.54, 1.807) is 0 Å². The highest BCUT2D eigenvalue weighted by Crippen LogP contribution is 2.45. The number of hydrogen-bond acceptors (Lipinski definition) is 5. The van der Waals surface area contributed by atoms with Crippen LogP contribution >= 0.6 is 0 Å². The van der Waals surface area contributed by atoms with Crippen LogP contribution in [0.4, 0.5) is 10.5 Å². The fraction of sp³-hybridized carbons (Fsp3) is 0.424. The van der Waals surface area contributed by atoms with Gasteiger partial charge in [0, 0.05) is 17.2 Å². The Morgan fingerprint density at radius 2 is 1.70 bits per heavy atom. The number of nitrogens with one attached hydrogen (secondary N) is 1. The summed E-state index contributed by atoms with van der Waals surface area (Å²) in [6.45, 7) is 5.63. The maximum Gasteiger partial charge on any atom is 0.408 e. The molecule has 0 radical (unpaired) electrons. The third-order valence-electron chi connectivity index (χ3n) is 8.26. The Kier molecular flexibility index (Phi) is 6.77. The molecule has 3 aliphatic rings. The summed E-state index contributed by atoms with van der Waals surface area (Å²) in [5.74, 6) is 0.507. The highest BCUT2D eigenvalue weighted by Gasteiger charge is 2.41. The van der Waals surface area contributed by atoms with E-state index >= 15 is 0 Å². The van der Waals surface area contributed by atoms with Gasteiger partial charge in [0.05, 0.1) is 11.2 Å². The van der Waals surface area contributed by atoms with Gasteiger partial charge in [0.25, 0.3) is 5.91 Å². The molecule has 2 fully saturated rings. The molecule has 1 aliphatic heterocycles. The molecule has 3 aromatic rings. The first-order chi connectivity index (χ1) is 19.2. The molecule has 7 nitrogen and oxygen atoms in total. The summed E-state index contributed by atoms with van der Waals surface area (Å²) in [5, 5.41) is 3.14. The van der Waals surface area contributed by atoms with Crippen LogP contribution < -0.4 is 15.0 Å². The van der Waals surface area contributed by atoms with Crippen molar-refractivity contribution in [3.05, 3.63) is 66.2 Å². The standard InChI is InChI=1S/C33H37N3O4/c1-32(2,3)40-31(38)35-33(18-9-19-33)24-16-14-23(15-17-24)29-26(22-10-5-4-6-11-22)20-27-30(34-29)39-21-28(37)36(27)25-12-7-8-13-25/h4-6,10-11,14-17,20,25H,7-9,12-13,18-19,21H2,1-3H3,(H,35,38). The molecule has 208 valence electrons. The second kappa shape index (κ2) is 10.3. The van der Waals surface area contributed by atoms with E-state index in [2.05, 4.69) is 47.8 Å². The molecule has 0 bridgehead atoms. The van der Waals surface area contributed by atoms with Crippen LogP contribution in [0, 0.1) is 0 Å². The largest absolute Gasteiger partial charge is 0.466 e. The molecule has 2 amide bonds. The van der Waals surface area contributed by atoms with Crippen LogP contribution in [0.5, 0.6) is 5.88 Å². The predicted octanol–water partition coefficient (Wildman–Crippen LogP) is 6.99. The number of benzene rings is 2. The average molecular weight is 540 g/mol. The fourth-order valence-electron chi connectivity index (χ4n) is 6.18. The van der Waals surface area contributed by atoms with Crippen molar-refractivity contribution in [3.8, 4) is 28.3 Å². The molecule has 0 atom stereocenters. The number of alkyl carbamates (subject to hydrolysis) is 1. The number of fused-ring (bicyclic) bond motifs is 1. The zero-order valence-electron chi connectivity index (χ0n) is 23.5. The Labute approximate surface area is 235 Å². The smallest absolute Gasteiger partial charge is 0.408 e. The maximum atomic E-state index is 13.0. The third-order valence-corrected chi connectivity index (χ3v) is 8.26. The predicted molar refractivity (Wildman–Crippen MR) is 155 cm³/mol. The molecular weight excluding hydrogens is 502 g/mol. The van der Waals surface area contributed by atoms with Crippen molar-refractivity contribution in [1.82, 2.24) is 10.3 Å². The minimum Gasteiger partial charge on any atom is -0.466 e. The summed E-state index contributed by atoms with van der Waals surface area (Å²) in [4.78, 5) is 32.6. The van der Waals surface area contributed by atoms with Gasteiger partial charge in [-0.3, -0.25) is 4.79 Å². The Morgan fingerprint density at radius 1 is 1.00 bits per heavy atom. The number of pyridine rings is 1. The van der Waals surface area contributed by atoms with Crippen LogP contribution in [0.15, 0.2) is 60.7 Å². The van der Waals surface area contributed by atoms with Gasteiger partial charge in [0.15, 0.2) is 6.61 Å². The lowest BCUT2D eigenvalue weighted by Gasteiger charge is -2.43. The summed E-state index contributed by atoms with van der Waals surface area (Å²) in [6.07, 6.45) is 6.69. The van der Waals surface area contributed by atoms with Crippen molar-refractivity contribution >= 4 is 17.7 Å². The molecule has 0 spiro atoms. The summed E-state index contributed by atoms with van der Waals surface area (Å²) in [5.41, 5.74) is 4.59. The molecule has 2 saturated carbocycles. The van der Waals surface area contributed by atoms with Gasteiger partial charge in [0.2, 0.25) is 5.88 Å². The monoisotopic (exact) mass is 539 g/mol. The molecule has 1 aromatic heterocycles. The molecule has 2 aromatic carbocycles. The number of ether oxygens (including phenoxy) is 2. The lowest BCUT2D eigenvalue weighted by Crippen LogP contribution is -2.52. The van der Waals surface area contributed by atoms with E-state index in [0.717, 1.165) is 78.6 Å². The van der Waals surface area contributed by atoms with Crippen LogP contribution in [0.25, 0.3) is 22.4 Å². The highest BCUT2D eigenvalue weighted by molar-refractivity contribution is 6.00. The van der Waals surface area contributed by atoms with Crippen LogP contribution in [0.1, 0.15) is 71.3 Å². The number of nitrogens with zero attached hydrogens (tertiary/aromatic N) is 2. The first kappa shape index (κ1) is 26.4. The van der Waals surface area contributed by atoms with Gasteiger partial charge in [-0.05, 0) is 70.1 Å². The molecule has 2 aliphatic carbocycles. The first-order valence-electron chi connectivity index (χ1n) is 14.4. The van der Waals surface area contributed by atoms with E-state index in [9.17, 15) is 9.59 Å². The molecule has 0 saturated heterocycles. The van der Waals surface area contributed by atoms with Crippen molar-refractivity contribution < 1.29 is 19.1 Å². The molecule has 40 heavy (non-hydrogen) atoms. The first-order valence-corrected chi connectivity index (χ1v) is 14.4. The molecule has 2 heterocycles. The number of anilines is 1. The zero-order chi connectivity index (χ0) is 27.9. The summed E-state index contributed by atoms with van der Waals surface area (Å²) >= 11 is 0. The average Bonchev–Trinajstić information content (AvgIpc) is 3.44. The van der Waals surface area contributed by atoms with E-state index in [-0.39, 0.29) is 18.6 Å². The Morgan fingerprint density at radius 3 is 2.33 bits per heavy atom. The summed E-state index contributed by atoms with van der Waals surface area (Å²) < 4.78 is 11.5. The molecular formula is C33H37N3O4. The number of carbonyl (C=O) groups excluding carboxylic acids is 2. The number of carbonyl (C=O) groups is 2. The van der Waals surface area contributed by atoms with Gasteiger partial charge in [-0.15, -0.1) is 0 Å². The van der Waals surface area contributed by atoms with E-state index in [0.29, 0.717) is 5.88 Å². The lowest BCUT2D eigenvalue weighted by atomic mass is 9.71. The number of rotatable bonds is 5. The van der Waals surface area contributed by atoms with Crippen molar-refractivity contribution in [2.24, 2.45) is 0 Å². The van der Waals surface area contributed by atoms with Gasteiger partial charge >= 0.3 is 6.09 Å². The van der Waals surface area contributed by atoms with Crippen molar-refractivity contribution in [2.45, 2.75) is 82.9 Å². The van der Waals surface area contributed by atoms with Crippen LogP contribution in [0.3, 0.4) is 0 Å². The molecule has 6 rings (SSSR count). The topological polar surface area (TPSA) is 80.8 Å². The van der Waals surface area contributed by atoms with E-state index in [1.807, 2.05) is 43.9 Å². The van der Waals surface area contributed by atoms with Gasteiger partial charge in [0.1, 0.15) is 11.3 Å². The summed E-state index contributed by atoms with van der Waals surface area (Å²) in [7, 11) is 0. The van der Waals surface area contributed by atoms with Crippen molar-refractivity contribution in [1.29, 1.82) is 0 Å². The molecule has 7 heteroatoms. The minimum atomic E-state index is -0.551. The highest BCUT2D eigenvalue weighted by atomic mass is 16.6. The Bertz CT molecular complexity index is 1400. The second-order valence-electron chi connectivity index (χ2n) is 12.2. The second-order valence-corrected chi connectivity index (χ2v) is 12.2. The number of aromatic nitrogens is 1. The van der Waals surface area contributed by atoms with Crippen LogP contribution in [-0.4, -0.2) is 35.2 Å². The van der Waals surface area contributed by atoms with Crippen LogP contribution in [0.2, 0.25) is 0 Å². The van der Waals surface area contributed by atoms with Gasteiger partial charge < -0.3 is 19.7 Å². The molecule has 1 N–H and O–H groups in total. The van der Waals surface area contributed by atoms with E-state index in [4.69, 9.17) is 14.5 Å². The SMILES string of the molecule is CC(C)(C)OC(=O)NC1(c2ccc(-c3nc4c(cc3-c3ccccc3)N(C3CCCC3)C(=O)CO4)cc2)CCC1. The van der Waals surface area contributed by atoms with Gasteiger partial charge in [-0.1, -0.05) is 67.4 Å². The van der Waals surface area contributed by atoms with E-state index in [1.165, 1.54) is 0 Å². The Balaban J connectivity index is 1.37. The van der Waals surface area contributed by atoms with Crippen molar-refractivity contribution in [2.75, 3.05) is 11.5 Å². The quantitative estimate of drug-likeness (QED) is 0.378. The number of amides is 2. The van der Waals surface area contributed by atoms with E-state index < -0.39 is 17.2 Å². The minimum absolute atomic E-state index is 0.000554. The lowest BCUT2D eigenvalue weighted by molar-refractivity contribution is -0.121. The Hall–Kier alpha value is -3.87. The third kappa shape index (κ3) is 5.05. The van der Waals surface area contributed by atoms with Crippen LogP contribution in [-0.2, 0) is 15.1 Å².